The van der Waals surface area contributed by atoms with Crippen LogP contribution in [-0.2, 0) is 0 Å². The fourth-order valence-electron chi connectivity index (χ4n) is 5.73. The number of nitrogens with zero attached hydrogens (tertiary/aromatic N) is 1. The zero-order chi connectivity index (χ0) is 13.8. The van der Waals surface area contributed by atoms with Gasteiger partial charge in [0.2, 0.25) is 0 Å². The molecule has 2 nitrogen and oxygen atoms in total. The lowest BCUT2D eigenvalue weighted by Gasteiger charge is -2.52. The summed E-state index contributed by atoms with van der Waals surface area (Å²) in [6.45, 7) is 8.79. The molecule has 3 aliphatic carbocycles. The average molecular weight is 276 g/mol. The highest BCUT2D eigenvalue weighted by Gasteiger charge is 2.47. The Labute approximate surface area is 124 Å². The third-order valence-electron chi connectivity index (χ3n) is 7.15. The van der Waals surface area contributed by atoms with E-state index in [1.807, 2.05) is 0 Å². The van der Waals surface area contributed by atoms with Gasteiger partial charge in [0, 0.05) is 30.7 Å². The molecular weight excluding hydrogens is 244 g/mol. The van der Waals surface area contributed by atoms with Crippen molar-refractivity contribution in [2.45, 2.75) is 76.3 Å². The Bertz CT molecular complexity index is 370. The Balaban J connectivity index is 1.46. The molecule has 1 N–H and O–H groups in total. The van der Waals surface area contributed by atoms with Gasteiger partial charge < -0.3 is 5.32 Å². The van der Waals surface area contributed by atoms with E-state index in [1.54, 1.807) is 6.42 Å². The first kappa shape index (κ1) is 13.6. The van der Waals surface area contributed by atoms with Gasteiger partial charge in [-0.25, -0.2) is 0 Å². The van der Waals surface area contributed by atoms with Crippen LogP contribution < -0.4 is 5.32 Å². The lowest BCUT2D eigenvalue weighted by atomic mass is 9.83. The summed E-state index contributed by atoms with van der Waals surface area (Å²) < 4.78 is 0. The van der Waals surface area contributed by atoms with Crippen LogP contribution in [0.4, 0.5) is 0 Å². The first-order chi connectivity index (χ1) is 9.56. The van der Waals surface area contributed by atoms with Crippen molar-refractivity contribution < 1.29 is 0 Å². The largest absolute Gasteiger partial charge is 0.308 e. The maximum absolute atomic E-state index is 3.93. The standard InChI is InChI=1S/C18H32N2/c1-17(2)12-19-18(7-3-4-8-18)13-20(17)11-16-10-14-5-6-15(16)9-14/h14-16,19H,3-13H2,1-2H3. The van der Waals surface area contributed by atoms with E-state index >= 15 is 0 Å². The van der Waals surface area contributed by atoms with Gasteiger partial charge in [0.1, 0.15) is 0 Å². The molecule has 4 fully saturated rings. The minimum atomic E-state index is 0.357. The molecule has 114 valence electrons. The lowest BCUT2D eigenvalue weighted by molar-refractivity contribution is 0.00957. The number of rotatable bonds is 2. The van der Waals surface area contributed by atoms with E-state index in [1.165, 1.54) is 64.6 Å². The molecule has 1 saturated heterocycles. The third kappa shape index (κ3) is 2.23. The van der Waals surface area contributed by atoms with Crippen molar-refractivity contribution in [2.24, 2.45) is 17.8 Å². The van der Waals surface area contributed by atoms with Crippen LogP contribution >= 0.6 is 0 Å². The second-order valence-electron chi connectivity index (χ2n) is 8.97. The van der Waals surface area contributed by atoms with Gasteiger partial charge in [-0.15, -0.1) is 0 Å². The van der Waals surface area contributed by atoms with Crippen LogP contribution in [0.3, 0.4) is 0 Å². The fourth-order valence-corrected chi connectivity index (χ4v) is 5.73. The summed E-state index contributed by atoms with van der Waals surface area (Å²) in [7, 11) is 0. The molecule has 2 heteroatoms. The molecule has 1 heterocycles. The van der Waals surface area contributed by atoms with E-state index in [-0.39, 0.29) is 0 Å². The SMILES string of the molecule is CC1(C)CNC2(CCCC2)CN1CC1CC2CCC1C2. The van der Waals surface area contributed by atoms with E-state index in [2.05, 4.69) is 24.1 Å². The van der Waals surface area contributed by atoms with Crippen molar-refractivity contribution >= 4 is 0 Å². The van der Waals surface area contributed by atoms with Crippen LogP contribution in [0, 0.1) is 17.8 Å². The molecular formula is C18H32N2. The Hall–Kier alpha value is -0.0800. The molecule has 1 aliphatic heterocycles. The van der Waals surface area contributed by atoms with Crippen LogP contribution in [0.25, 0.3) is 0 Å². The van der Waals surface area contributed by atoms with Crippen molar-refractivity contribution in [2.75, 3.05) is 19.6 Å². The molecule has 0 radical (unpaired) electrons. The van der Waals surface area contributed by atoms with Crippen molar-refractivity contribution in [1.82, 2.24) is 10.2 Å². The number of nitrogens with one attached hydrogen (secondary N) is 1. The molecule has 4 aliphatic rings. The summed E-state index contributed by atoms with van der Waals surface area (Å²) in [6, 6.07) is 0. The van der Waals surface area contributed by atoms with E-state index in [0.717, 1.165) is 17.8 Å². The summed E-state index contributed by atoms with van der Waals surface area (Å²) in [5.41, 5.74) is 0.836. The minimum Gasteiger partial charge on any atom is -0.308 e. The molecule has 20 heavy (non-hydrogen) atoms. The number of fused-ring (bicyclic) bond motifs is 2. The normalized spacial score (nSPS) is 42.6. The summed E-state index contributed by atoms with van der Waals surface area (Å²) >= 11 is 0. The predicted molar refractivity (Wildman–Crippen MR) is 83.8 cm³/mol. The summed E-state index contributed by atoms with van der Waals surface area (Å²) in [5.74, 6) is 3.19. The molecule has 0 aromatic heterocycles. The van der Waals surface area contributed by atoms with Crippen molar-refractivity contribution in [3.63, 3.8) is 0 Å². The monoisotopic (exact) mass is 276 g/mol. The quantitative estimate of drug-likeness (QED) is 0.831. The van der Waals surface area contributed by atoms with Gasteiger partial charge in [-0.1, -0.05) is 19.3 Å². The second-order valence-corrected chi connectivity index (χ2v) is 8.97. The average Bonchev–Trinajstić information content (AvgIpc) is 3.11. The first-order valence-corrected chi connectivity index (χ1v) is 9.06. The van der Waals surface area contributed by atoms with Gasteiger partial charge in [0.15, 0.2) is 0 Å². The number of piperazine rings is 1. The van der Waals surface area contributed by atoms with E-state index in [4.69, 9.17) is 0 Å². The fraction of sp³-hybridized carbons (Fsp3) is 1.00. The van der Waals surface area contributed by atoms with Crippen LogP contribution in [0.1, 0.15) is 65.2 Å². The van der Waals surface area contributed by atoms with E-state index in [9.17, 15) is 0 Å². The van der Waals surface area contributed by atoms with Crippen LogP contribution in [0.15, 0.2) is 0 Å². The highest BCUT2D eigenvalue weighted by molar-refractivity contribution is 5.05. The lowest BCUT2D eigenvalue weighted by Crippen LogP contribution is -2.68. The summed E-state index contributed by atoms with van der Waals surface area (Å²) in [5, 5.41) is 3.93. The Morgan fingerprint density at radius 1 is 1.10 bits per heavy atom. The molecule has 1 spiro atoms. The van der Waals surface area contributed by atoms with Gasteiger partial charge in [0.05, 0.1) is 0 Å². The maximum atomic E-state index is 3.93. The molecule has 0 aromatic rings. The molecule has 4 rings (SSSR count). The maximum Gasteiger partial charge on any atom is 0.0309 e. The smallest absolute Gasteiger partial charge is 0.0309 e. The van der Waals surface area contributed by atoms with E-state index in [0.29, 0.717) is 11.1 Å². The van der Waals surface area contributed by atoms with Gasteiger partial charge in [0.25, 0.3) is 0 Å². The Morgan fingerprint density at radius 2 is 1.90 bits per heavy atom. The highest BCUT2D eigenvalue weighted by atomic mass is 15.3. The van der Waals surface area contributed by atoms with Crippen molar-refractivity contribution in [3.05, 3.63) is 0 Å². The van der Waals surface area contributed by atoms with Gasteiger partial charge in [-0.05, 0) is 63.7 Å². The number of hydrogen-bond donors (Lipinski definition) is 1. The van der Waals surface area contributed by atoms with Gasteiger partial charge in [-0.3, -0.25) is 4.90 Å². The van der Waals surface area contributed by atoms with Crippen molar-refractivity contribution in [1.29, 1.82) is 0 Å². The van der Waals surface area contributed by atoms with Gasteiger partial charge >= 0.3 is 0 Å². The minimum absolute atomic E-state index is 0.357. The van der Waals surface area contributed by atoms with Crippen molar-refractivity contribution in [3.8, 4) is 0 Å². The summed E-state index contributed by atoms with van der Waals surface area (Å²) in [4.78, 5) is 2.88. The molecule has 3 saturated carbocycles. The molecule has 0 amide bonds. The van der Waals surface area contributed by atoms with E-state index < -0.39 is 0 Å². The Kier molecular flexibility index (Phi) is 3.20. The molecule has 2 bridgehead atoms. The van der Waals surface area contributed by atoms with Crippen LogP contribution in [0.5, 0.6) is 0 Å². The first-order valence-electron chi connectivity index (χ1n) is 9.06. The topological polar surface area (TPSA) is 15.3 Å². The third-order valence-corrected chi connectivity index (χ3v) is 7.15. The zero-order valence-corrected chi connectivity index (χ0v) is 13.5. The second kappa shape index (κ2) is 4.71. The molecule has 0 aromatic carbocycles. The molecule has 3 unspecified atom stereocenters. The van der Waals surface area contributed by atoms with Gasteiger partial charge in [-0.2, -0.15) is 0 Å². The highest BCUT2D eigenvalue weighted by Crippen LogP contribution is 2.49. The summed E-state index contributed by atoms with van der Waals surface area (Å²) in [6.07, 6.45) is 11.9. The Morgan fingerprint density at radius 3 is 2.55 bits per heavy atom. The number of hydrogen-bond acceptors (Lipinski definition) is 2. The zero-order valence-electron chi connectivity index (χ0n) is 13.5. The predicted octanol–water partition coefficient (Wildman–Crippen LogP) is 3.42. The molecule has 3 atom stereocenters. The van der Waals surface area contributed by atoms with Crippen LogP contribution in [-0.4, -0.2) is 35.6 Å². The van der Waals surface area contributed by atoms with Crippen LogP contribution in [0.2, 0.25) is 0 Å².